The fraction of sp³-hybridized carbons (Fsp3) is 0.900. The highest BCUT2D eigenvalue weighted by Gasteiger charge is 2.32. The highest BCUT2D eigenvalue weighted by molar-refractivity contribution is 7.99. The van der Waals surface area contributed by atoms with Crippen molar-refractivity contribution in [3.8, 4) is 0 Å². The van der Waals surface area contributed by atoms with Crippen LogP contribution in [0, 0.1) is 0 Å². The van der Waals surface area contributed by atoms with Gasteiger partial charge in [-0.15, -0.1) is 0 Å². The molecule has 2 atom stereocenters. The van der Waals surface area contributed by atoms with Gasteiger partial charge in [0, 0.05) is 24.6 Å². The minimum atomic E-state index is -2.95. The third kappa shape index (κ3) is 3.35. The predicted octanol–water partition coefficient (Wildman–Crippen LogP) is -0.615. The first-order valence-corrected chi connectivity index (χ1v) is 8.77. The summed E-state index contributed by atoms with van der Waals surface area (Å²) in [4.78, 5) is 11.8. The van der Waals surface area contributed by atoms with Crippen LogP contribution in [0.3, 0.4) is 0 Å². The molecule has 0 radical (unpaired) electrons. The van der Waals surface area contributed by atoms with Crippen LogP contribution in [-0.2, 0) is 14.6 Å². The second-order valence-corrected chi connectivity index (χ2v) is 8.01. The molecule has 2 unspecified atom stereocenters. The smallest absolute Gasteiger partial charge is 0.238 e. The zero-order valence-electron chi connectivity index (χ0n) is 9.65. The van der Waals surface area contributed by atoms with Gasteiger partial charge in [-0.05, 0) is 12.8 Å². The van der Waals surface area contributed by atoms with Gasteiger partial charge in [0.25, 0.3) is 0 Å². The molecule has 2 aliphatic heterocycles. The van der Waals surface area contributed by atoms with Gasteiger partial charge in [0.05, 0.1) is 17.0 Å². The van der Waals surface area contributed by atoms with Crippen LogP contribution in [0.25, 0.3) is 0 Å². The van der Waals surface area contributed by atoms with Crippen LogP contribution < -0.4 is 10.6 Å². The summed E-state index contributed by atoms with van der Waals surface area (Å²) in [6, 6.07) is -0.169. The van der Waals surface area contributed by atoms with Gasteiger partial charge < -0.3 is 10.6 Å². The molecule has 0 spiro atoms. The second kappa shape index (κ2) is 5.58. The van der Waals surface area contributed by atoms with Gasteiger partial charge >= 0.3 is 0 Å². The molecule has 2 N–H and O–H groups in total. The number of carbonyl (C=O) groups is 1. The summed E-state index contributed by atoms with van der Waals surface area (Å²) in [5.41, 5.74) is 0. The summed E-state index contributed by atoms with van der Waals surface area (Å²) in [6.45, 7) is 1.11. The topological polar surface area (TPSA) is 75.3 Å². The van der Waals surface area contributed by atoms with Crippen LogP contribution in [0.5, 0.6) is 0 Å². The molecule has 17 heavy (non-hydrogen) atoms. The van der Waals surface area contributed by atoms with Crippen LogP contribution in [0.2, 0.25) is 0 Å². The Morgan fingerprint density at radius 1 is 1.47 bits per heavy atom. The Kier molecular flexibility index (Phi) is 4.32. The van der Waals surface area contributed by atoms with Crippen molar-refractivity contribution in [2.45, 2.75) is 24.1 Å². The largest absolute Gasteiger partial charge is 0.353 e. The summed E-state index contributed by atoms with van der Waals surface area (Å²) in [7, 11) is -2.95. The van der Waals surface area contributed by atoms with Crippen molar-refractivity contribution >= 4 is 27.5 Å². The van der Waals surface area contributed by atoms with Crippen LogP contribution >= 0.6 is 11.8 Å². The van der Waals surface area contributed by atoms with Crippen molar-refractivity contribution in [2.24, 2.45) is 0 Å². The van der Waals surface area contributed by atoms with E-state index in [1.165, 1.54) is 0 Å². The van der Waals surface area contributed by atoms with Crippen molar-refractivity contribution in [2.75, 3.05) is 30.3 Å². The summed E-state index contributed by atoms with van der Waals surface area (Å²) in [5, 5.41) is 5.52. The molecule has 5 nitrogen and oxygen atoms in total. The van der Waals surface area contributed by atoms with Gasteiger partial charge in [-0.25, -0.2) is 8.42 Å². The fourth-order valence-corrected chi connectivity index (χ4v) is 4.86. The molecule has 0 aliphatic carbocycles. The van der Waals surface area contributed by atoms with Gasteiger partial charge in [-0.1, -0.05) is 0 Å². The maximum absolute atomic E-state index is 11.8. The first-order valence-electron chi connectivity index (χ1n) is 5.90. The maximum Gasteiger partial charge on any atom is 0.238 e. The Hall–Kier alpha value is -0.270. The average Bonchev–Trinajstić information content (AvgIpc) is 2.66. The lowest BCUT2D eigenvalue weighted by molar-refractivity contribution is -0.122. The van der Waals surface area contributed by atoms with Crippen molar-refractivity contribution < 1.29 is 13.2 Å². The van der Waals surface area contributed by atoms with E-state index in [4.69, 9.17) is 0 Å². The van der Waals surface area contributed by atoms with Crippen LogP contribution in [0.1, 0.15) is 12.8 Å². The number of nitrogens with one attached hydrogen (secondary N) is 2. The molecule has 1 amide bonds. The number of carbonyl (C=O) groups excluding carboxylic acids is 1. The van der Waals surface area contributed by atoms with E-state index in [0.717, 1.165) is 24.5 Å². The first-order chi connectivity index (χ1) is 8.09. The highest BCUT2D eigenvalue weighted by Crippen LogP contribution is 2.19. The number of hydrogen-bond acceptors (Lipinski definition) is 5. The molecule has 0 saturated carbocycles. The van der Waals surface area contributed by atoms with Gasteiger partial charge in [-0.2, -0.15) is 11.8 Å². The second-order valence-electron chi connectivity index (χ2n) is 4.46. The molecular weight excluding hydrogens is 260 g/mol. The third-order valence-corrected chi connectivity index (χ3v) is 6.54. The Morgan fingerprint density at radius 2 is 2.29 bits per heavy atom. The van der Waals surface area contributed by atoms with Crippen LogP contribution in [0.4, 0.5) is 0 Å². The number of rotatable bonds is 3. The van der Waals surface area contributed by atoms with Crippen LogP contribution in [-0.4, -0.2) is 56.0 Å². The lowest BCUT2D eigenvalue weighted by Gasteiger charge is -2.22. The normalized spacial score (nSPS) is 32.2. The van der Waals surface area contributed by atoms with Crippen molar-refractivity contribution in [3.63, 3.8) is 0 Å². The monoisotopic (exact) mass is 278 g/mol. The summed E-state index contributed by atoms with van der Waals surface area (Å²) in [5.74, 6) is 1.99. The Morgan fingerprint density at radius 3 is 2.88 bits per heavy atom. The zero-order chi connectivity index (χ0) is 12.3. The standard InChI is InChI=1S/C10H18N2O3S2/c13-10(9-7-16-4-3-11-9)12-6-8-2-1-5-17(8,14)15/h8-9,11H,1-7H2,(H,12,13). The lowest BCUT2D eigenvalue weighted by Crippen LogP contribution is -2.50. The molecule has 2 heterocycles. The lowest BCUT2D eigenvalue weighted by atomic mass is 10.2. The molecular formula is C10H18N2O3S2. The molecule has 2 saturated heterocycles. The quantitative estimate of drug-likeness (QED) is 0.720. The third-order valence-electron chi connectivity index (χ3n) is 3.20. The van der Waals surface area contributed by atoms with E-state index < -0.39 is 9.84 Å². The minimum absolute atomic E-state index is 0.0701. The van der Waals surface area contributed by atoms with E-state index in [1.54, 1.807) is 11.8 Å². The highest BCUT2D eigenvalue weighted by atomic mass is 32.2. The molecule has 7 heteroatoms. The van der Waals surface area contributed by atoms with Crippen molar-refractivity contribution in [3.05, 3.63) is 0 Å². The van der Waals surface area contributed by atoms with Gasteiger partial charge in [0.2, 0.25) is 5.91 Å². The zero-order valence-corrected chi connectivity index (χ0v) is 11.3. The van der Waals surface area contributed by atoms with E-state index >= 15 is 0 Å². The number of hydrogen-bond donors (Lipinski definition) is 2. The van der Waals surface area contributed by atoms with Gasteiger partial charge in [0.15, 0.2) is 9.84 Å². The van der Waals surface area contributed by atoms with E-state index in [0.29, 0.717) is 6.42 Å². The predicted molar refractivity (Wildman–Crippen MR) is 68.9 cm³/mol. The van der Waals surface area contributed by atoms with E-state index in [9.17, 15) is 13.2 Å². The molecule has 0 aromatic carbocycles. The van der Waals surface area contributed by atoms with Gasteiger partial charge in [0.1, 0.15) is 0 Å². The van der Waals surface area contributed by atoms with E-state index in [-0.39, 0.29) is 29.5 Å². The first kappa shape index (κ1) is 13.2. The number of amides is 1. The fourth-order valence-electron chi connectivity index (χ4n) is 2.16. The maximum atomic E-state index is 11.8. The number of thioether (sulfide) groups is 1. The summed E-state index contributed by atoms with van der Waals surface area (Å²) in [6.07, 6.45) is 1.40. The van der Waals surface area contributed by atoms with Crippen molar-refractivity contribution in [1.82, 2.24) is 10.6 Å². The molecule has 98 valence electrons. The summed E-state index contributed by atoms with van der Waals surface area (Å²) >= 11 is 1.75. The molecule has 2 aliphatic rings. The minimum Gasteiger partial charge on any atom is -0.353 e. The Balaban J connectivity index is 1.79. The van der Waals surface area contributed by atoms with E-state index in [2.05, 4.69) is 10.6 Å². The molecule has 2 fully saturated rings. The Labute approximate surface area is 106 Å². The number of sulfone groups is 1. The summed E-state index contributed by atoms with van der Waals surface area (Å²) < 4.78 is 23.2. The molecule has 0 bridgehead atoms. The average molecular weight is 278 g/mol. The van der Waals surface area contributed by atoms with Crippen molar-refractivity contribution in [1.29, 1.82) is 0 Å². The molecule has 0 aromatic heterocycles. The van der Waals surface area contributed by atoms with Gasteiger partial charge in [-0.3, -0.25) is 4.79 Å². The Bertz CT molecular complexity index is 377. The molecule has 2 rings (SSSR count). The van der Waals surface area contributed by atoms with E-state index in [1.807, 2.05) is 0 Å². The molecule has 0 aromatic rings. The van der Waals surface area contributed by atoms with Crippen LogP contribution in [0.15, 0.2) is 0 Å². The SMILES string of the molecule is O=C(NCC1CCCS1(=O)=O)C1CSCCN1.